The molecule has 1 unspecified atom stereocenters. The number of alkyl halides is 3. The molecule has 2 heterocycles. The Morgan fingerprint density at radius 3 is 2.53 bits per heavy atom. The number of aliphatic imine (C=N–C) groups is 1. The molecule has 1 atom stereocenters. The van der Waals surface area contributed by atoms with Crippen molar-refractivity contribution in [1.29, 1.82) is 0 Å². The van der Waals surface area contributed by atoms with E-state index in [1.54, 1.807) is 12.1 Å². The number of benzene rings is 2. The minimum Gasteiger partial charge on any atom is -0.406 e. The molecule has 0 aromatic heterocycles. The van der Waals surface area contributed by atoms with Gasteiger partial charge in [0.05, 0.1) is 0 Å². The molecule has 158 valence electrons. The second-order valence-corrected chi connectivity index (χ2v) is 8.48. The van der Waals surface area contributed by atoms with Crippen LogP contribution in [-0.4, -0.2) is 35.3 Å². The van der Waals surface area contributed by atoms with E-state index >= 15 is 0 Å². The van der Waals surface area contributed by atoms with E-state index in [1.807, 2.05) is 29.2 Å². The number of amidine groups is 1. The van der Waals surface area contributed by atoms with Crippen molar-refractivity contribution in [3.05, 3.63) is 64.1 Å². The fourth-order valence-corrected chi connectivity index (χ4v) is 4.66. The highest BCUT2D eigenvalue weighted by Gasteiger charge is 2.50. The first-order valence-corrected chi connectivity index (χ1v) is 10.8. The molecule has 0 amide bonds. The molecule has 2 aliphatic heterocycles. The largest absolute Gasteiger partial charge is 0.573 e. The number of nitrogens with one attached hydrogen (secondary N) is 1. The van der Waals surface area contributed by atoms with Gasteiger partial charge in [0, 0.05) is 17.6 Å². The van der Waals surface area contributed by atoms with E-state index in [9.17, 15) is 13.2 Å². The van der Waals surface area contributed by atoms with Crippen LogP contribution in [0.3, 0.4) is 0 Å². The number of rotatable bonds is 3. The molecule has 0 bridgehead atoms. The average Bonchev–Trinajstić information content (AvgIpc) is 2.92. The van der Waals surface area contributed by atoms with Crippen LogP contribution < -0.4 is 10.1 Å². The van der Waals surface area contributed by atoms with Gasteiger partial charge in [0.15, 0.2) is 5.11 Å². The van der Waals surface area contributed by atoms with Gasteiger partial charge in [-0.05, 0) is 66.9 Å². The predicted molar refractivity (Wildman–Crippen MR) is 117 cm³/mol. The second kappa shape index (κ2) is 8.19. The van der Waals surface area contributed by atoms with Crippen molar-refractivity contribution in [3.8, 4) is 5.75 Å². The SMILES string of the molecule is FC(F)(F)Oc1ccc(C2(c3cccc(Br)c3)NC(=S)N3CCCCCN=C32)cc1. The monoisotopic (exact) mass is 497 g/mol. The second-order valence-electron chi connectivity index (χ2n) is 7.18. The molecule has 2 aromatic rings. The summed E-state index contributed by atoms with van der Waals surface area (Å²) in [5, 5.41) is 4.00. The lowest BCUT2D eigenvalue weighted by atomic mass is 9.82. The Hall–Kier alpha value is -2.13. The summed E-state index contributed by atoms with van der Waals surface area (Å²) >= 11 is 9.17. The van der Waals surface area contributed by atoms with Crippen LogP contribution in [0.25, 0.3) is 0 Å². The van der Waals surface area contributed by atoms with E-state index in [1.165, 1.54) is 12.1 Å². The van der Waals surface area contributed by atoms with Crippen LogP contribution in [0.5, 0.6) is 5.75 Å². The van der Waals surface area contributed by atoms with Crippen LogP contribution in [0.15, 0.2) is 58.0 Å². The van der Waals surface area contributed by atoms with E-state index in [2.05, 4.69) is 26.0 Å². The number of hydrogen-bond acceptors (Lipinski definition) is 3. The first kappa shape index (κ1) is 21.1. The van der Waals surface area contributed by atoms with Crippen molar-refractivity contribution in [3.63, 3.8) is 0 Å². The van der Waals surface area contributed by atoms with E-state index < -0.39 is 11.9 Å². The Bertz CT molecular complexity index is 980. The minimum atomic E-state index is -4.74. The van der Waals surface area contributed by atoms with Gasteiger partial charge in [0.1, 0.15) is 17.1 Å². The Morgan fingerprint density at radius 1 is 1.07 bits per heavy atom. The normalized spacial score (nSPS) is 21.9. The highest BCUT2D eigenvalue weighted by molar-refractivity contribution is 9.10. The number of fused-ring (bicyclic) bond motifs is 1. The van der Waals surface area contributed by atoms with Crippen LogP contribution in [0.1, 0.15) is 30.4 Å². The van der Waals surface area contributed by atoms with Gasteiger partial charge in [0.2, 0.25) is 0 Å². The lowest BCUT2D eigenvalue weighted by Gasteiger charge is -2.32. The fraction of sp³-hybridized carbons (Fsp3) is 0.333. The van der Waals surface area contributed by atoms with Crippen LogP contribution >= 0.6 is 28.1 Å². The zero-order chi connectivity index (χ0) is 21.4. The molecule has 4 rings (SSSR count). The summed E-state index contributed by atoms with van der Waals surface area (Å²) < 4.78 is 42.7. The molecule has 4 nitrogen and oxygen atoms in total. The van der Waals surface area contributed by atoms with Crippen molar-refractivity contribution in [1.82, 2.24) is 10.2 Å². The van der Waals surface area contributed by atoms with Crippen molar-refractivity contribution in [2.75, 3.05) is 13.1 Å². The van der Waals surface area contributed by atoms with E-state index in [-0.39, 0.29) is 5.75 Å². The summed E-state index contributed by atoms with van der Waals surface area (Å²) in [5.41, 5.74) is 0.736. The van der Waals surface area contributed by atoms with Gasteiger partial charge in [-0.25, -0.2) is 0 Å². The minimum absolute atomic E-state index is 0.271. The molecule has 1 saturated heterocycles. The van der Waals surface area contributed by atoms with Crippen molar-refractivity contribution in [2.45, 2.75) is 31.2 Å². The van der Waals surface area contributed by atoms with Gasteiger partial charge in [0.25, 0.3) is 0 Å². The van der Waals surface area contributed by atoms with E-state index in [0.29, 0.717) is 11.7 Å². The maximum atomic E-state index is 12.6. The molecule has 2 aliphatic rings. The summed E-state index contributed by atoms with van der Waals surface area (Å²) in [6, 6.07) is 13.7. The van der Waals surface area contributed by atoms with Gasteiger partial charge in [-0.1, -0.05) is 40.2 Å². The molecular formula is C21H19BrF3N3OS. The summed E-state index contributed by atoms with van der Waals surface area (Å²) in [5.74, 6) is 0.502. The lowest BCUT2D eigenvalue weighted by Crippen LogP contribution is -2.45. The summed E-state index contributed by atoms with van der Waals surface area (Å²) in [6.07, 6.45) is -1.69. The maximum absolute atomic E-state index is 12.6. The first-order chi connectivity index (χ1) is 14.3. The molecule has 2 aromatic carbocycles. The average molecular weight is 498 g/mol. The Labute approximate surface area is 186 Å². The smallest absolute Gasteiger partial charge is 0.406 e. The first-order valence-electron chi connectivity index (χ1n) is 9.56. The molecule has 0 saturated carbocycles. The van der Waals surface area contributed by atoms with Crippen LogP contribution in [0, 0.1) is 0 Å². The molecule has 30 heavy (non-hydrogen) atoms. The molecule has 9 heteroatoms. The third-order valence-corrected chi connectivity index (χ3v) is 6.03. The summed E-state index contributed by atoms with van der Waals surface area (Å²) in [7, 11) is 0. The lowest BCUT2D eigenvalue weighted by molar-refractivity contribution is -0.274. The predicted octanol–water partition coefficient (Wildman–Crippen LogP) is 5.36. The molecule has 0 spiro atoms. The zero-order valence-corrected chi connectivity index (χ0v) is 18.3. The Balaban J connectivity index is 1.86. The van der Waals surface area contributed by atoms with Crippen LogP contribution in [-0.2, 0) is 5.54 Å². The fourth-order valence-electron chi connectivity index (χ4n) is 3.93. The molecule has 1 N–H and O–H groups in total. The maximum Gasteiger partial charge on any atom is 0.573 e. The number of ether oxygens (including phenoxy) is 1. The molecular weight excluding hydrogens is 479 g/mol. The molecule has 1 fully saturated rings. The quantitative estimate of drug-likeness (QED) is 0.578. The van der Waals surface area contributed by atoms with E-state index in [4.69, 9.17) is 17.2 Å². The van der Waals surface area contributed by atoms with Crippen molar-refractivity contribution in [2.24, 2.45) is 4.99 Å². The van der Waals surface area contributed by atoms with Crippen LogP contribution in [0.2, 0.25) is 0 Å². The third-order valence-electron chi connectivity index (χ3n) is 5.21. The number of nitrogens with zero attached hydrogens (tertiary/aromatic N) is 2. The van der Waals surface area contributed by atoms with Gasteiger partial charge in [-0.15, -0.1) is 13.2 Å². The van der Waals surface area contributed by atoms with Crippen LogP contribution in [0.4, 0.5) is 13.2 Å². The van der Waals surface area contributed by atoms with Gasteiger partial charge in [-0.2, -0.15) is 0 Å². The molecule has 0 aliphatic carbocycles. The van der Waals surface area contributed by atoms with E-state index in [0.717, 1.165) is 47.2 Å². The van der Waals surface area contributed by atoms with Crippen molar-refractivity contribution < 1.29 is 17.9 Å². The molecule has 0 radical (unpaired) electrons. The number of hydrogen-bond donors (Lipinski definition) is 1. The standard InChI is InChI=1S/C21H19BrF3N3OS/c22-16-6-4-5-15(13-16)20(14-7-9-17(10-8-14)29-21(23,24)25)18-26-11-2-1-3-12-28(18)19(30)27-20/h4-10,13H,1-3,11-12H2,(H,27,30). The van der Waals surface area contributed by atoms with Gasteiger partial charge < -0.3 is 15.0 Å². The highest BCUT2D eigenvalue weighted by atomic mass is 79.9. The van der Waals surface area contributed by atoms with Gasteiger partial charge >= 0.3 is 6.36 Å². The summed E-state index contributed by atoms with van der Waals surface area (Å²) in [6.45, 7) is 1.41. The summed E-state index contributed by atoms with van der Waals surface area (Å²) in [4.78, 5) is 6.89. The zero-order valence-electron chi connectivity index (χ0n) is 15.9. The Kier molecular flexibility index (Phi) is 5.76. The van der Waals surface area contributed by atoms with Gasteiger partial charge in [-0.3, -0.25) is 4.99 Å². The number of halogens is 4. The topological polar surface area (TPSA) is 36.9 Å². The highest BCUT2D eigenvalue weighted by Crippen LogP contribution is 2.39. The number of thiocarbonyl (C=S) groups is 1. The van der Waals surface area contributed by atoms with Crippen molar-refractivity contribution >= 4 is 39.1 Å². The third kappa shape index (κ3) is 4.05. The Morgan fingerprint density at radius 2 is 1.83 bits per heavy atom.